The molecular formula is C17H33N3OS. The summed E-state index contributed by atoms with van der Waals surface area (Å²) in [5.41, 5.74) is -0.119. The summed E-state index contributed by atoms with van der Waals surface area (Å²) in [4.78, 5) is 4.79. The lowest BCUT2D eigenvalue weighted by Crippen LogP contribution is -2.58. The third-order valence-corrected chi connectivity index (χ3v) is 6.86. The van der Waals surface area contributed by atoms with Gasteiger partial charge in [0.25, 0.3) is 0 Å². The highest BCUT2D eigenvalue weighted by atomic mass is 32.2. The van der Waals surface area contributed by atoms with Crippen molar-refractivity contribution in [2.45, 2.75) is 70.1 Å². The van der Waals surface area contributed by atoms with Crippen LogP contribution >= 0.6 is 11.8 Å². The molecule has 2 atom stereocenters. The number of thioether (sulfide) groups is 1. The normalized spacial score (nSPS) is 30.4. The van der Waals surface area contributed by atoms with E-state index in [1.54, 1.807) is 0 Å². The largest absolute Gasteiger partial charge is 0.387 e. The fraction of sp³-hybridized carbons (Fsp3) is 0.941. The van der Waals surface area contributed by atoms with Crippen molar-refractivity contribution in [3.63, 3.8) is 0 Å². The van der Waals surface area contributed by atoms with Gasteiger partial charge in [0.05, 0.1) is 5.60 Å². The predicted octanol–water partition coefficient (Wildman–Crippen LogP) is 2.77. The number of hydrogen-bond acceptors (Lipinski definition) is 3. The molecule has 0 aromatic carbocycles. The van der Waals surface area contributed by atoms with Gasteiger partial charge in [-0.1, -0.05) is 20.3 Å². The molecular weight excluding hydrogens is 294 g/mol. The summed E-state index contributed by atoms with van der Waals surface area (Å²) in [6.45, 7) is 8.89. The molecule has 4 nitrogen and oxygen atoms in total. The van der Waals surface area contributed by atoms with E-state index in [2.05, 4.69) is 31.4 Å². The number of aliphatic imine (C=N–C) groups is 1. The van der Waals surface area contributed by atoms with Gasteiger partial charge in [-0.05, 0) is 50.2 Å². The van der Waals surface area contributed by atoms with Gasteiger partial charge in [0.1, 0.15) is 0 Å². The summed E-state index contributed by atoms with van der Waals surface area (Å²) in [5.74, 6) is 1.93. The molecule has 2 aliphatic carbocycles. The zero-order valence-electron chi connectivity index (χ0n) is 14.5. The van der Waals surface area contributed by atoms with Gasteiger partial charge in [0.2, 0.25) is 0 Å². The molecule has 5 heteroatoms. The molecule has 0 spiro atoms. The first-order valence-corrected chi connectivity index (χ1v) is 9.98. The summed E-state index contributed by atoms with van der Waals surface area (Å²) >= 11 is 1.87. The van der Waals surface area contributed by atoms with Crippen molar-refractivity contribution in [1.82, 2.24) is 10.6 Å². The Hall–Kier alpha value is -0.420. The number of rotatable bonds is 8. The van der Waals surface area contributed by atoms with Gasteiger partial charge in [-0.3, -0.25) is 4.99 Å². The van der Waals surface area contributed by atoms with Gasteiger partial charge in [-0.25, -0.2) is 0 Å². The van der Waals surface area contributed by atoms with E-state index in [4.69, 9.17) is 4.99 Å². The molecule has 0 aromatic heterocycles. The first kappa shape index (κ1) is 17.9. The second kappa shape index (κ2) is 7.91. The van der Waals surface area contributed by atoms with E-state index in [-0.39, 0.29) is 0 Å². The minimum Gasteiger partial charge on any atom is -0.387 e. The van der Waals surface area contributed by atoms with Crippen LogP contribution in [0.15, 0.2) is 4.99 Å². The van der Waals surface area contributed by atoms with Gasteiger partial charge in [0.15, 0.2) is 5.96 Å². The van der Waals surface area contributed by atoms with E-state index < -0.39 is 5.60 Å². The maximum absolute atomic E-state index is 10.7. The average Bonchev–Trinajstić information content (AvgIpc) is 2.48. The Kier molecular flexibility index (Phi) is 6.45. The van der Waals surface area contributed by atoms with Crippen LogP contribution in [0.4, 0.5) is 0 Å². The third-order valence-electron chi connectivity index (χ3n) is 5.45. The van der Waals surface area contributed by atoms with Crippen LogP contribution in [-0.2, 0) is 0 Å². The van der Waals surface area contributed by atoms with Crippen LogP contribution in [0.5, 0.6) is 0 Å². The van der Waals surface area contributed by atoms with Crippen molar-refractivity contribution < 1.29 is 5.11 Å². The van der Waals surface area contributed by atoms with Gasteiger partial charge < -0.3 is 15.7 Å². The fourth-order valence-corrected chi connectivity index (χ4v) is 4.56. The van der Waals surface area contributed by atoms with Crippen LogP contribution in [0.2, 0.25) is 0 Å². The number of nitrogens with one attached hydrogen (secondary N) is 2. The second-order valence-electron chi connectivity index (χ2n) is 6.84. The van der Waals surface area contributed by atoms with Crippen molar-refractivity contribution >= 4 is 17.7 Å². The first-order chi connectivity index (χ1) is 10.6. The van der Waals surface area contributed by atoms with Crippen molar-refractivity contribution in [3.8, 4) is 0 Å². The van der Waals surface area contributed by atoms with Gasteiger partial charge in [0, 0.05) is 24.9 Å². The Morgan fingerprint density at radius 1 is 1.23 bits per heavy atom. The maximum Gasteiger partial charge on any atom is 0.191 e. The minimum absolute atomic E-state index is 0.376. The molecule has 0 bridgehead atoms. The number of aliphatic hydroxyl groups is 1. The minimum atomic E-state index is -0.560. The fourth-order valence-electron chi connectivity index (χ4n) is 3.36. The molecule has 0 amide bonds. The first-order valence-electron chi connectivity index (χ1n) is 8.93. The third kappa shape index (κ3) is 4.10. The molecule has 0 heterocycles. The van der Waals surface area contributed by atoms with Gasteiger partial charge in [-0.15, -0.1) is 0 Å². The predicted molar refractivity (Wildman–Crippen MR) is 96.7 cm³/mol. The Labute approximate surface area is 139 Å². The van der Waals surface area contributed by atoms with E-state index in [1.165, 1.54) is 25.7 Å². The molecule has 2 rings (SSSR count). The Morgan fingerprint density at radius 2 is 2.00 bits per heavy atom. The molecule has 22 heavy (non-hydrogen) atoms. The lowest BCUT2D eigenvalue weighted by Gasteiger charge is -2.45. The number of hydrogen-bond donors (Lipinski definition) is 3. The van der Waals surface area contributed by atoms with Crippen LogP contribution in [0.1, 0.15) is 59.3 Å². The van der Waals surface area contributed by atoms with Crippen LogP contribution in [0.3, 0.4) is 0 Å². The van der Waals surface area contributed by atoms with E-state index >= 15 is 0 Å². The van der Waals surface area contributed by atoms with Crippen molar-refractivity contribution in [2.24, 2.45) is 10.4 Å². The SMILES string of the molecule is CCNC(=NCC1(CC)CCC1)NCC1(O)CCC1SCC. The highest BCUT2D eigenvalue weighted by Gasteiger charge is 2.45. The van der Waals surface area contributed by atoms with E-state index in [9.17, 15) is 5.11 Å². The summed E-state index contributed by atoms with van der Waals surface area (Å²) in [5, 5.41) is 17.7. The monoisotopic (exact) mass is 327 g/mol. The van der Waals surface area contributed by atoms with Gasteiger partial charge >= 0.3 is 0 Å². The standard InChI is InChI=1S/C17H33N3OS/c1-4-16(9-7-10-16)12-19-15(18-5-2)20-13-17(21)11-8-14(17)22-6-3/h14,21H,4-13H2,1-3H3,(H2,18,19,20). The number of nitrogens with zero attached hydrogens (tertiary/aromatic N) is 1. The lowest BCUT2D eigenvalue weighted by molar-refractivity contribution is -0.0198. The van der Waals surface area contributed by atoms with Crippen LogP contribution in [0.25, 0.3) is 0 Å². The Morgan fingerprint density at radius 3 is 2.45 bits per heavy atom. The molecule has 2 aliphatic rings. The highest BCUT2D eigenvalue weighted by Crippen LogP contribution is 2.44. The van der Waals surface area contributed by atoms with Crippen molar-refractivity contribution in [2.75, 3.05) is 25.4 Å². The average molecular weight is 328 g/mol. The van der Waals surface area contributed by atoms with Crippen LogP contribution in [0, 0.1) is 5.41 Å². The molecule has 0 aliphatic heterocycles. The number of guanidine groups is 1. The Bertz CT molecular complexity index is 379. The molecule has 0 saturated heterocycles. The van der Waals surface area contributed by atoms with Crippen LogP contribution < -0.4 is 10.6 Å². The van der Waals surface area contributed by atoms with E-state index in [1.807, 2.05) is 11.8 Å². The molecule has 0 radical (unpaired) electrons. The molecule has 2 fully saturated rings. The second-order valence-corrected chi connectivity index (χ2v) is 8.32. The molecule has 2 saturated carbocycles. The molecule has 3 N–H and O–H groups in total. The summed E-state index contributed by atoms with van der Waals surface area (Å²) in [6, 6.07) is 0. The summed E-state index contributed by atoms with van der Waals surface area (Å²) < 4.78 is 0. The summed E-state index contributed by atoms with van der Waals surface area (Å²) in [6.07, 6.45) is 7.22. The van der Waals surface area contributed by atoms with E-state index in [0.29, 0.717) is 17.2 Å². The Balaban J connectivity index is 1.86. The zero-order valence-corrected chi connectivity index (χ0v) is 15.3. The molecule has 0 aromatic rings. The zero-order chi connectivity index (χ0) is 16.1. The highest BCUT2D eigenvalue weighted by molar-refractivity contribution is 8.00. The smallest absolute Gasteiger partial charge is 0.191 e. The van der Waals surface area contributed by atoms with Gasteiger partial charge in [-0.2, -0.15) is 11.8 Å². The molecule has 2 unspecified atom stereocenters. The van der Waals surface area contributed by atoms with E-state index in [0.717, 1.165) is 37.6 Å². The van der Waals surface area contributed by atoms with Crippen molar-refractivity contribution in [1.29, 1.82) is 0 Å². The summed E-state index contributed by atoms with van der Waals surface area (Å²) in [7, 11) is 0. The lowest BCUT2D eigenvalue weighted by atomic mass is 9.67. The maximum atomic E-state index is 10.7. The van der Waals surface area contributed by atoms with Crippen LogP contribution in [-0.4, -0.2) is 47.3 Å². The molecule has 128 valence electrons. The topological polar surface area (TPSA) is 56.7 Å². The quantitative estimate of drug-likeness (QED) is 0.474. The van der Waals surface area contributed by atoms with Crippen molar-refractivity contribution in [3.05, 3.63) is 0 Å².